The molecule has 9 nitrogen and oxygen atoms in total. The highest BCUT2D eigenvalue weighted by atomic mass is 32.2. The molecule has 0 saturated carbocycles. The number of nitrogens with zero attached hydrogens (tertiary/aromatic N) is 2. The van der Waals surface area contributed by atoms with Gasteiger partial charge in [0.25, 0.3) is 5.56 Å². The van der Waals surface area contributed by atoms with Gasteiger partial charge in [-0.05, 0) is 41.8 Å². The number of hydrogen-bond donors (Lipinski definition) is 3. The molecule has 0 aliphatic carbocycles. The maximum atomic E-state index is 11.9. The molecule has 2 aromatic carbocycles. The van der Waals surface area contributed by atoms with E-state index in [1.807, 2.05) is 36.4 Å². The van der Waals surface area contributed by atoms with Crippen molar-refractivity contribution in [1.82, 2.24) is 20.2 Å². The lowest BCUT2D eigenvalue weighted by Crippen LogP contribution is -2.35. The topological polar surface area (TPSA) is 125 Å². The van der Waals surface area contributed by atoms with Crippen LogP contribution in [0.3, 0.4) is 0 Å². The van der Waals surface area contributed by atoms with Crippen LogP contribution in [0.4, 0.5) is 0 Å². The summed E-state index contributed by atoms with van der Waals surface area (Å²) in [6.45, 7) is 4.88. The fourth-order valence-corrected chi connectivity index (χ4v) is 6.79. The van der Waals surface area contributed by atoms with Crippen LogP contribution in [-0.2, 0) is 27.5 Å². The van der Waals surface area contributed by atoms with Crippen molar-refractivity contribution in [1.29, 1.82) is 0 Å². The van der Waals surface area contributed by atoms with Crippen molar-refractivity contribution in [2.24, 2.45) is 0 Å². The second-order valence-corrected chi connectivity index (χ2v) is 12.6. The van der Waals surface area contributed by atoms with Crippen molar-refractivity contribution in [3.8, 4) is 17.6 Å². The van der Waals surface area contributed by atoms with E-state index >= 15 is 0 Å². The molecule has 2 atom stereocenters. The minimum Gasteiger partial charge on any atom is -0.502 e. The number of benzene rings is 2. The van der Waals surface area contributed by atoms with Gasteiger partial charge in [-0.15, -0.1) is 0 Å². The second-order valence-electron chi connectivity index (χ2n) is 10.4. The Balaban J connectivity index is 1.26. The molecule has 40 heavy (non-hydrogen) atoms. The summed E-state index contributed by atoms with van der Waals surface area (Å²) in [5.74, 6) is 6.24. The first-order valence-corrected chi connectivity index (χ1v) is 15.4. The summed E-state index contributed by atoms with van der Waals surface area (Å²) in [6.07, 6.45) is 2.18. The number of hydrogen-bond acceptors (Lipinski definition) is 8. The molecular weight excluding hydrogens is 528 g/mol. The Labute approximate surface area is 234 Å². The number of H-pyrrole nitrogens is 1. The summed E-state index contributed by atoms with van der Waals surface area (Å²) < 4.78 is 29.2. The van der Waals surface area contributed by atoms with Crippen molar-refractivity contribution >= 4 is 9.84 Å². The summed E-state index contributed by atoms with van der Waals surface area (Å²) in [7, 11) is -3.01. The SMILES string of the molecule is O=c1[nH]cnc(C[C@H](CN[C@@H]2CCS(=O)(=O)C2)c2ccc(C#Cc3ccc(CN4CCOCC4)cc3)cc2)c1O. The number of sulfone groups is 1. The molecule has 1 aromatic heterocycles. The lowest BCUT2D eigenvalue weighted by atomic mass is 9.92. The van der Waals surface area contributed by atoms with E-state index in [1.54, 1.807) is 0 Å². The molecule has 3 aromatic rings. The quantitative estimate of drug-likeness (QED) is 0.355. The maximum Gasteiger partial charge on any atom is 0.293 e. The molecule has 2 aliphatic rings. The number of nitrogens with one attached hydrogen (secondary N) is 2. The average molecular weight is 563 g/mol. The van der Waals surface area contributed by atoms with E-state index in [0.29, 0.717) is 25.1 Å². The van der Waals surface area contributed by atoms with Crippen molar-refractivity contribution < 1.29 is 18.3 Å². The van der Waals surface area contributed by atoms with E-state index < -0.39 is 21.1 Å². The summed E-state index contributed by atoms with van der Waals surface area (Å²) >= 11 is 0. The van der Waals surface area contributed by atoms with E-state index in [-0.39, 0.29) is 23.5 Å². The summed E-state index contributed by atoms with van der Waals surface area (Å²) in [5, 5.41) is 13.6. The van der Waals surface area contributed by atoms with Gasteiger partial charge in [0, 0.05) is 55.7 Å². The largest absolute Gasteiger partial charge is 0.502 e. The normalized spacial score (nSPS) is 19.6. The van der Waals surface area contributed by atoms with Gasteiger partial charge in [0.2, 0.25) is 5.75 Å². The standard InChI is InChI=1S/C30H34N4O5S/c35-29-28(32-21-33-30(29)36)17-26(18-31-27-11-16-40(37,38)20-27)25-9-7-23(8-10-25)2-1-22-3-5-24(6-4-22)19-34-12-14-39-15-13-34/h3-10,21,26-27,31,35H,11-20H2,(H,32,33,36)/t26-,27-/m1/s1. The first kappa shape index (κ1) is 28.1. The Morgan fingerprint density at radius 3 is 2.40 bits per heavy atom. The van der Waals surface area contributed by atoms with Gasteiger partial charge >= 0.3 is 0 Å². The van der Waals surface area contributed by atoms with Gasteiger partial charge in [-0.25, -0.2) is 13.4 Å². The third-order valence-electron chi connectivity index (χ3n) is 7.43. The van der Waals surface area contributed by atoms with Gasteiger partial charge < -0.3 is 20.1 Å². The molecule has 0 bridgehead atoms. The summed E-state index contributed by atoms with van der Waals surface area (Å²) in [6, 6.07) is 16.1. The van der Waals surface area contributed by atoms with E-state index in [1.165, 1.54) is 11.9 Å². The molecule has 0 radical (unpaired) electrons. The molecule has 2 fully saturated rings. The van der Waals surface area contributed by atoms with Crippen LogP contribution in [0.5, 0.6) is 5.75 Å². The second kappa shape index (κ2) is 12.8. The Hall–Kier alpha value is -3.49. The predicted octanol–water partition coefficient (Wildman–Crippen LogP) is 1.81. The molecule has 0 unspecified atom stereocenters. The van der Waals surface area contributed by atoms with Crippen molar-refractivity contribution in [3.63, 3.8) is 0 Å². The highest BCUT2D eigenvalue weighted by molar-refractivity contribution is 7.91. The molecule has 3 N–H and O–H groups in total. The predicted molar refractivity (Wildman–Crippen MR) is 153 cm³/mol. The minimum absolute atomic E-state index is 0.112. The highest BCUT2D eigenvalue weighted by Crippen LogP contribution is 2.24. The van der Waals surface area contributed by atoms with E-state index in [0.717, 1.165) is 49.5 Å². The first-order valence-electron chi connectivity index (χ1n) is 13.5. The van der Waals surface area contributed by atoms with Crippen LogP contribution < -0.4 is 10.9 Å². The third-order valence-corrected chi connectivity index (χ3v) is 9.19. The van der Waals surface area contributed by atoms with Crippen molar-refractivity contribution in [2.75, 3.05) is 44.4 Å². The molecule has 210 valence electrons. The Bertz CT molecular complexity index is 1520. The van der Waals surface area contributed by atoms with Crippen LogP contribution >= 0.6 is 0 Å². The molecule has 0 spiro atoms. The van der Waals surface area contributed by atoms with Crippen LogP contribution in [0, 0.1) is 11.8 Å². The minimum atomic E-state index is -3.01. The highest BCUT2D eigenvalue weighted by Gasteiger charge is 2.28. The number of ether oxygens (including phenoxy) is 1. The van der Waals surface area contributed by atoms with Gasteiger partial charge in [0.1, 0.15) is 0 Å². The number of aromatic nitrogens is 2. The monoisotopic (exact) mass is 562 g/mol. The number of rotatable bonds is 8. The fourth-order valence-electron chi connectivity index (χ4n) is 5.08. The molecule has 3 heterocycles. The Kier molecular flexibility index (Phi) is 8.97. The smallest absolute Gasteiger partial charge is 0.293 e. The maximum absolute atomic E-state index is 11.9. The fraction of sp³-hybridized carbons (Fsp3) is 0.400. The molecule has 0 amide bonds. The van der Waals surface area contributed by atoms with Crippen molar-refractivity contribution in [2.45, 2.75) is 31.3 Å². The van der Waals surface area contributed by atoms with Gasteiger partial charge in [0.15, 0.2) is 9.84 Å². The number of aromatic amines is 1. The molecule has 2 aliphatic heterocycles. The molecule has 10 heteroatoms. The van der Waals surface area contributed by atoms with Crippen LogP contribution in [-0.4, -0.2) is 78.8 Å². The number of aromatic hydroxyl groups is 1. The Morgan fingerprint density at radius 1 is 1.07 bits per heavy atom. The van der Waals surface area contributed by atoms with Gasteiger partial charge in [-0.3, -0.25) is 9.69 Å². The average Bonchev–Trinajstić information content (AvgIpc) is 3.32. The molecular formula is C30H34N4O5S. The van der Waals surface area contributed by atoms with E-state index in [9.17, 15) is 18.3 Å². The van der Waals surface area contributed by atoms with Gasteiger partial charge in [-0.1, -0.05) is 36.1 Å². The zero-order chi connectivity index (χ0) is 28.0. The Morgan fingerprint density at radius 2 is 1.75 bits per heavy atom. The lowest BCUT2D eigenvalue weighted by molar-refractivity contribution is 0.0342. The van der Waals surface area contributed by atoms with Gasteiger partial charge in [-0.2, -0.15) is 0 Å². The first-order chi connectivity index (χ1) is 19.3. The van der Waals surface area contributed by atoms with Crippen LogP contribution in [0.1, 0.15) is 40.3 Å². The van der Waals surface area contributed by atoms with Crippen molar-refractivity contribution in [3.05, 3.63) is 93.2 Å². The van der Waals surface area contributed by atoms with E-state index in [4.69, 9.17) is 4.74 Å². The van der Waals surface area contributed by atoms with Gasteiger partial charge in [0.05, 0.1) is 36.7 Å². The third kappa shape index (κ3) is 7.58. The molecule has 2 saturated heterocycles. The number of morpholine rings is 1. The van der Waals surface area contributed by atoms with Crippen LogP contribution in [0.25, 0.3) is 0 Å². The summed E-state index contributed by atoms with van der Waals surface area (Å²) in [5.41, 5.74) is 3.76. The zero-order valence-electron chi connectivity index (χ0n) is 22.3. The zero-order valence-corrected chi connectivity index (χ0v) is 23.1. The lowest BCUT2D eigenvalue weighted by Gasteiger charge is -2.26. The molecule has 5 rings (SSSR count). The van der Waals surface area contributed by atoms with E-state index in [2.05, 4.69) is 44.2 Å². The van der Waals surface area contributed by atoms with Crippen LogP contribution in [0.15, 0.2) is 59.7 Å². The van der Waals surface area contributed by atoms with Crippen LogP contribution in [0.2, 0.25) is 0 Å². The summed E-state index contributed by atoms with van der Waals surface area (Å²) in [4.78, 5) is 20.8.